The third-order valence-electron chi connectivity index (χ3n) is 7.31. The molecule has 1 aliphatic carbocycles. The predicted molar refractivity (Wildman–Crippen MR) is 151 cm³/mol. The highest BCUT2D eigenvalue weighted by Gasteiger charge is 2.35. The summed E-state index contributed by atoms with van der Waals surface area (Å²) in [6, 6.07) is 25.0. The summed E-state index contributed by atoms with van der Waals surface area (Å²) in [6.07, 6.45) is 4.96. The van der Waals surface area contributed by atoms with E-state index in [1.165, 1.54) is 33.4 Å². The van der Waals surface area contributed by atoms with Gasteiger partial charge in [-0.3, -0.25) is 9.59 Å². The molecule has 3 aromatic rings. The van der Waals surface area contributed by atoms with E-state index >= 15 is 0 Å². The Balaban J connectivity index is 1.25. The van der Waals surface area contributed by atoms with Crippen molar-refractivity contribution in [2.24, 2.45) is 5.41 Å². The Morgan fingerprint density at radius 2 is 1.68 bits per heavy atom. The van der Waals surface area contributed by atoms with E-state index in [0.717, 1.165) is 32.1 Å². The summed E-state index contributed by atoms with van der Waals surface area (Å²) in [7, 11) is 0. The second kappa shape index (κ2) is 11.8. The minimum absolute atomic E-state index is 0.0164. The maximum absolute atomic E-state index is 13.2. The summed E-state index contributed by atoms with van der Waals surface area (Å²) in [5, 5.41) is 6.23. The lowest BCUT2D eigenvalue weighted by molar-refractivity contribution is -0.132. The molecule has 0 spiro atoms. The van der Waals surface area contributed by atoms with Gasteiger partial charge in [0.15, 0.2) is 0 Å². The molecule has 3 aromatic carbocycles. The van der Waals surface area contributed by atoms with Crippen LogP contribution in [0, 0.1) is 12.3 Å². The monoisotopic (exact) mass is 496 g/mol. The van der Waals surface area contributed by atoms with Gasteiger partial charge in [0.05, 0.1) is 6.04 Å². The lowest BCUT2D eigenvalue weighted by Gasteiger charge is -2.31. The Morgan fingerprint density at radius 3 is 2.41 bits per heavy atom. The summed E-state index contributed by atoms with van der Waals surface area (Å²) in [5.41, 5.74) is 7.11. The van der Waals surface area contributed by atoms with E-state index in [2.05, 4.69) is 78.2 Å². The van der Waals surface area contributed by atoms with Gasteiger partial charge in [-0.2, -0.15) is 0 Å². The van der Waals surface area contributed by atoms with E-state index in [0.29, 0.717) is 6.42 Å². The van der Waals surface area contributed by atoms with Gasteiger partial charge < -0.3 is 10.6 Å². The normalized spacial score (nSPS) is 15.6. The van der Waals surface area contributed by atoms with Crippen molar-refractivity contribution < 1.29 is 9.59 Å². The van der Waals surface area contributed by atoms with Crippen molar-refractivity contribution in [1.82, 2.24) is 10.6 Å². The number of amides is 2. The second-order valence-electron chi connectivity index (χ2n) is 11.4. The molecule has 194 valence electrons. The Hall–Kier alpha value is -3.40. The number of rotatable bonds is 9. The van der Waals surface area contributed by atoms with Gasteiger partial charge in [-0.15, -0.1) is 0 Å². The van der Waals surface area contributed by atoms with E-state index in [-0.39, 0.29) is 23.3 Å². The summed E-state index contributed by atoms with van der Waals surface area (Å²) in [5.74, 6) is -0.159. The van der Waals surface area contributed by atoms with Crippen molar-refractivity contribution in [3.8, 4) is 11.1 Å². The van der Waals surface area contributed by atoms with Gasteiger partial charge in [0.2, 0.25) is 11.8 Å². The molecule has 0 saturated carbocycles. The molecule has 0 bridgehead atoms. The maximum atomic E-state index is 13.2. The van der Waals surface area contributed by atoms with Crippen LogP contribution < -0.4 is 10.6 Å². The lowest BCUT2D eigenvalue weighted by Crippen LogP contribution is -2.54. The highest BCUT2D eigenvalue weighted by atomic mass is 16.2. The topological polar surface area (TPSA) is 58.2 Å². The zero-order valence-corrected chi connectivity index (χ0v) is 22.6. The number of aryl methyl sites for hydroxylation is 3. The van der Waals surface area contributed by atoms with Crippen LogP contribution in [-0.2, 0) is 22.4 Å². The standard InChI is InChI=1S/C33H40N2O2/c1-23-10-9-13-27(22-23)25-18-16-24(17-19-25)11-5-8-15-30(36)35-31(33(2,3)4)32(37)34-29-21-20-26-12-6-7-14-28(26)29/h6-7,9-10,12-14,16-19,22,29,31H,5,8,11,15,20-21H2,1-4H3,(H,34,37)(H,35,36)/t29-,31-/m1/s1. The van der Waals surface area contributed by atoms with E-state index in [9.17, 15) is 9.59 Å². The first-order valence-electron chi connectivity index (χ1n) is 13.5. The van der Waals surface area contributed by atoms with Crippen LogP contribution in [-0.4, -0.2) is 17.9 Å². The molecule has 4 nitrogen and oxygen atoms in total. The Morgan fingerprint density at radius 1 is 0.919 bits per heavy atom. The van der Waals surface area contributed by atoms with Crippen molar-refractivity contribution >= 4 is 11.8 Å². The fourth-order valence-corrected chi connectivity index (χ4v) is 5.17. The molecule has 2 atom stereocenters. The smallest absolute Gasteiger partial charge is 0.243 e. The van der Waals surface area contributed by atoms with Gasteiger partial charge in [0, 0.05) is 6.42 Å². The molecule has 0 aliphatic heterocycles. The molecule has 37 heavy (non-hydrogen) atoms. The van der Waals surface area contributed by atoms with Crippen LogP contribution in [0.15, 0.2) is 72.8 Å². The number of hydrogen-bond acceptors (Lipinski definition) is 2. The SMILES string of the molecule is Cc1cccc(-c2ccc(CCCCC(=O)N[C@H](C(=O)N[C@@H]3CCc4ccccc43)C(C)(C)C)cc2)c1. The number of hydrogen-bond donors (Lipinski definition) is 2. The summed E-state index contributed by atoms with van der Waals surface area (Å²) in [6.45, 7) is 8.11. The number of fused-ring (bicyclic) bond motifs is 1. The number of benzene rings is 3. The highest BCUT2D eigenvalue weighted by molar-refractivity contribution is 5.88. The van der Waals surface area contributed by atoms with Gasteiger partial charge in [0.25, 0.3) is 0 Å². The van der Waals surface area contributed by atoms with Crippen LogP contribution in [0.1, 0.15) is 74.8 Å². The first kappa shape index (κ1) is 26.7. The lowest BCUT2D eigenvalue weighted by atomic mass is 9.85. The van der Waals surface area contributed by atoms with E-state index in [1.54, 1.807) is 0 Å². The summed E-state index contributed by atoms with van der Waals surface area (Å²) < 4.78 is 0. The van der Waals surface area contributed by atoms with Crippen molar-refractivity contribution in [3.63, 3.8) is 0 Å². The Labute approximate surface area is 221 Å². The van der Waals surface area contributed by atoms with E-state index in [1.807, 2.05) is 32.9 Å². The molecule has 0 aromatic heterocycles. The van der Waals surface area contributed by atoms with Crippen molar-refractivity contribution in [2.75, 3.05) is 0 Å². The fraction of sp³-hybridized carbons (Fsp3) is 0.394. The molecule has 0 heterocycles. The first-order chi connectivity index (χ1) is 17.7. The average molecular weight is 497 g/mol. The third-order valence-corrected chi connectivity index (χ3v) is 7.31. The third kappa shape index (κ3) is 7.09. The minimum atomic E-state index is -0.568. The largest absolute Gasteiger partial charge is 0.347 e. The quantitative estimate of drug-likeness (QED) is 0.324. The first-order valence-corrected chi connectivity index (χ1v) is 13.5. The average Bonchev–Trinajstić information content (AvgIpc) is 3.27. The number of carbonyl (C=O) groups excluding carboxylic acids is 2. The highest BCUT2D eigenvalue weighted by Crippen LogP contribution is 2.31. The zero-order valence-electron chi connectivity index (χ0n) is 22.6. The van der Waals surface area contributed by atoms with Crippen LogP contribution in [0.2, 0.25) is 0 Å². The molecule has 4 heteroatoms. The van der Waals surface area contributed by atoms with Crippen LogP contribution in [0.3, 0.4) is 0 Å². The molecular formula is C33H40N2O2. The molecule has 0 radical (unpaired) electrons. The van der Waals surface area contributed by atoms with Crippen molar-refractivity contribution in [1.29, 1.82) is 0 Å². The van der Waals surface area contributed by atoms with Crippen LogP contribution in [0.4, 0.5) is 0 Å². The van der Waals surface area contributed by atoms with E-state index < -0.39 is 6.04 Å². The molecule has 1 aliphatic rings. The number of nitrogens with one attached hydrogen (secondary N) is 2. The molecule has 0 saturated heterocycles. The zero-order chi connectivity index (χ0) is 26.4. The van der Waals surface area contributed by atoms with Gasteiger partial charge in [-0.25, -0.2) is 0 Å². The Kier molecular flexibility index (Phi) is 8.48. The van der Waals surface area contributed by atoms with Crippen LogP contribution in [0.5, 0.6) is 0 Å². The maximum Gasteiger partial charge on any atom is 0.243 e. The van der Waals surface area contributed by atoms with Gasteiger partial charge in [-0.05, 0) is 72.3 Å². The molecule has 2 amide bonds. The minimum Gasteiger partial charge on any atom is -0.347 e. The second-order valence-corrected chi connectivity index (χ2v) is 11.4. The summed E-state index contributed by atoms with van der Waals surface area (Å²) in [4.78, 5) is 26.0. The van der Waals surface area contributed by atoms with E-state index in [4.69, 9.17) is 0 Å². The summed E-state index contributed by atoms with van der Waals surface area (Å²) >= 11 is 0. The number of unbranched alkanes of at least 4 members (excludes halogenated alkanes) is 1. The van der Waals surface area contributed by atoms with Crippen LogP contribution in [0.25, 0.3) is 11.1 Å². The molecule has 0 fully saturated rings. The van der Waals surface area contributed by atoms with Gasteiger partial charge in [0.1, 0.15) is 6.04 Å². The van der Waals surface area contributed by atoms with Gasteiger partial charge in [-0.1, -0.05) is 99.1 Å². The van der Waals surface area contributed by atoms with Crippen LogP contribution >= 0.6 is 0 Å². The molecule has 0 unspecified atom stereocenters. The van der Waals surface area contributed by atoms with Gasteiger partial charge >= 0.3 is 0 Å². The molecule has 4 rings (SSSR count). The van der Waals surface area contributed by atoms with Crippen molar-refractivity contribution in [2.45, 2.75) is 78.3 Å². The van der Waals surface area contributed by atoms with Crippen molar-refractivity contribution in [3.05, 3.63) is 95.1 Å². The number of carbonyl (C=O) groups is 2. The molecule has 2 N–H and O–H groups in total. The Bertz CT molecular complexity index is 1220. The molecular weight excluding hydrogens is 456 g/mol. The fourth-order valence-electron chi connectivity index (χ4n) is 5.17. The predicted octanol–water partition coefficient (Wildman–Crippen LogP) is 6.71.